The highest BCUT2D eigenvalue weighted by atomic mass is 16.5. The second kappa shape index (κ2) is 8.72. The second-order valence-corrected chi connectivity index (χ2v) is 3.01. The van der Waals surface area contributed by atoms with Gasteiger partial charge in [0.15, 0.2) is 5.78 Å². The number of carbonyl (C=O) groups excluding carboxylic acids is 1. The van der Waals surface area contributed by atoms with E-state index in [2.05, 4.69) is 6.92 Å². The van der Waals surface area contributed by atoms with Gasteiger partial charge in [0.1, 0.15) is 6.61 Å². The van der Waals surface area contributed by atoms with E-state index in [4.69, 9.17) is 4.74 Å². The van der Waals surface area contributed by atoms with Crippen molar-refractivity contribution in [1.29, 1.82) is 0 Å². The number of Topliss-reactive ketones (excluding diaryl/α,β-unsaturated/α-hetero) is 1. The monoisotopic (exact) mass is 172 g/mol. The van der Waals surface area contributed by atoms with Crippen molar-refractivity contribution in [3.05, 3.63) is 0 Å². The van der Waals surface area contributed by atoms with E-state index in [1.165, 1.54) is 19.3 Å². The Hall–Kier alpha value is -0.370. The molecule has 2 heteroatoms. The van der Waals surface area contributed by atoms with Gasteiger partial charge < -0.3 is 4.74 Å². The van der Waals surface area contributed by atoms with Crippen LogP contribution in [-0.2, 0) is 9.53 Å². The molecule has 0 N–H and O–H groups in total. The molecule has 0 saturated heterocycles. The van der Waals surface area contributed by atoms with Crippen molar-refractivity contribution in [3.8, 4) is 0 Å². The van der Waals surface area contributed by atoms with Gasteiger partial charge in [0.2, 0.25) is 0 Å². The summed E-state index contributed by atoms with van der Waals surface area (Å²) in [5, 5.41) is 0. The third-order valence-electron chi connectivity index (χ3n) is 1.80. The number of hydrogen-bond donors (Lipinski definition) is 0. The molecule has 0 rings (SSSR count). The lowest BCUT2D eigenvalue weighted by Gasteiger charge is -2.01. The Morgan fingerprint density at radius 3 is 2.50 bits per heavy atom. The van der Waals surface area contributed by atoms with Crippen molar-refractivity contribution in [2.45, 2.75) is 46.0 Å². The number of ketones is 1. The lowest BCUT2D eigenvalue weighted by Crippen LogP contribution is -2.07. The van der Waals surface area contributed by atoms with Gasteiger partial charge in [-0.05, 0) is 6.42 Å². The smallest absolute Gasteiger partial charge is 0.158 e. The fraction of sp³-hybridized carbons (Fsp3) is 0.900. The van der Waals surface area contributed by atoms with Gasteiger partial charge in [0.05, 0.1) is 0 Å². The summed E-state index contributed by atoms with van der Waals surface area (Å²) < 4.78 is 5.18. The molecule has 0 aromatic rings. The zero-order valence-corrected chi connectivity index (χ0v) is 8.27. The highest BCUT2D eigenvalue weighted by molar-refractivity contribution is 5.79. The molecular weight excluding hydrogens is 152 g/mol. The van der Waals surface area contributed by atoms with Gasteiger partial charge in [-0.15, -0.1) is 0 Å². The maximum absolute atomic E-state index is 10.8. The number of ether oxygens (including phenoxy) is 1. The normalized spacial score (nSPS) is 10.2. The number of carbonyl (C=O) groups is 1. The standard InChI is InChI=1S/C10H20O2/c1-3-5-6-7-8-12-9-10(11)4-2/h3-9H2,1-2H3. The first kappa shape index (κ1) is 11.6. The molecule has 0 aliphatic rings. The van der Waals surface area contributed by atoms with Gasteiger partial charge in [-0.3, -0.25) is 4.79 Å². The Morgan fingerprint density at radius 1 is 1.17 bits per heavy atom. The van der Waals surface area contributed by atoms with Crippen LogP contribution in [0.5, 0.6) is 0 Å². The van der Waals surface area contributed by atoms with E-state index in [-0.39, 0.29) is 5.78 Å². The minimum absolute atomic E-state index is 0.200. The minimum Gasteiger partial charge on any atom is -0.374 e. The molecule has 0 aromatic carbocycles. The first-order chi connectivity index (χ1) is 5.81. The summed E-state index contributed by atoms with van der Waals surface area (Å²) in [5.41, 5.74) is 0. The van der Waals surface area contributed by atoms with Crippen LogP contribution in [0.25, 0.3) is 0 Å². The van der Waals surface area contributed by atoms with Crippen LogP contribution >= 0.6 is 0 Å². The summed E-state index contributed by atoms with van der Waals surface area (Å²) in [4.78, 5) is 10.8. The Labute approximate surface area is 75.3 Å². The van der Waals surface area contributed by atoms with Crippen molar-refractivity contribution in [1.82, 2.24) is 0 Å². The molecule has 0 heterocycles. The third-order valence-corrected chi connectivity index (χ3v) is 1.80. The van der Waals surface area contributed by atoms with Crippen molar-refractivity contribution in [2.24, 2.45) is 0 Å². The van der Waals surface area contributed by atoms with Crippen molar-refractivity contribution in [3.63, 3.8) is 0 Å². The minimum atomic E-state index is 0.200. The molecule has 72 valence electrons. The molecule has 0 aliphatic carbocycles. The lowest BCUT2D eigenvalue weighted by molar-refractivity contribution is -0.123. The van der Waals surface area contributed by atoms with Gasteiger partial charge in [0.25, 0.3) is 0 Å². The van der Waals surface area contributed by atoms with E-state index in [0.29, 0.717) is 13.0 Å². The summed E-state index contributed by atoms with van der Waals surface area (Å²) >= 11 is 0. The quantitative estimate of drug-likeness (QED) is 0.526. The van der Waals surface area contributed by atoms with Gasteiger partial charge in [-0.2, -0.15) is 0 Å². The highest BCUT2D eigenvalue weighted by Gasteiger charge is 1.96. The van der Waals surface area contributed by atoms with Crippen molar-refractivity contribution < 1.29 is 9.53 Å². The summed E-state index contributed by atoms with van der Waals surface area (Å²) in [5.74, 6) is 0.200. The average molecular weight is 172 g/mol. The van der Waals surface area contributed by atoms with Crippen molar-refractivity contribution in [2.75, 3.05) is 13.2 Å². The van der Waals surface area contributed by atoms with Crippen molar-refractivity contribution >= 4 is 5.78 Å². The summed E-state index contributed by atoms with van der Waals surface area (Å²) in [6.45, 7) is 5.10. The fourth-order valence-electron chi connectivity index (χ4n) is 0.919. The Balaban J connectivity index is 2.95. The van der Waals surface area contributed by atoms with Crippen LogP contribution in [0.15, 0.2) is 0 Å². The van der Waals surface area contributed by atoms with Gasteiger partial charge in [-0.1, -0.05) is 33.1 Å². The Bertz CT molecular complexity index is 110. The average Bonchev–Trinajstić information content (AvgIpc) is 2.10. The molecule has 0 fully saturated rings. The van der Waals surface area contributed by atoms with Crippen LogP contribution < -0.4 is 0 Å². The van der Waals surface area contributed by atoms with Crippen LogP contribution in [-0.4, -0.2) is 19.0 Å². The maximum atomic E-state index is 10.8. The van der Waals surface area contributed by atoms with Crippen LogP contribution in [0.3, 0.4) is 0 Å². The van der Waals surface area contributed by atoms with E-state index in [9.17, 15) is 4.79 Å². The van der Waals surface area contributed by atoms with Crippen LogP contribution in [0.2, 0.25) is 0 Å². The Kier molecular flexibility index (Phi) is 8.46. The van der Waals surface area contributed by atoms with Crippen LogP contribution in [0.4, 0.5) is 0 Å². The summed E-state index contributed by atoms with van der Waals surface area (Å²) in [7, 11) is 0. The zero-order chi connectivity index (χ0) is 9.23. The number of hydrogen-bond acceptors (Lipinski definition) is 2. The van der Waals surface area contributed by atoms with Crippen LogP contribution in [0, 0.1) is 0 Å². The van der Waals surface area contributed by atoms with E-state index in [1.807, 2.05) is 6.92 Å². The first-order valence-corrected chi connectivity index (χ1v) is 4.90. The van der Waals surface area contributed by atoms with Gasteiger partial charge >= 0.3 is 0 Å². The molecule has 0 bridgehead atoms. The second-order valence-electron chi connectivity index (χ2n) is 3.01. The molecule has 0 radical (unpaired) electrons. The zero-order valence-electron chi connectivity index (χ0n) is 8.27. The fourth-order valence-corrected chi connectivity index (χ4v) is 0.919. The van der Waals surface area contributed by atoms with Crippen LogP contribution in [0.1, 0.15) is 46.0 Å². The largest absolute Gasteiger partial charge is 0.374 e. The van der Waals surface area contributed by atoms with E-state index in [1.54, 1.807) is 0 Å². The summed E-state index contributed by atoms with van der Waals surface area (Å²) in [6, 6.07) is 0. The molecule has 0 spiro atoms. The molecule has 12 heavy (non-hydrogen) atoms. The maximum Gasteiger partial charge on any atom is 0.158 e. The van der Waals surface area contributed by atoms with E-state index >= 15 is 0 Å². The number of rotatable bonds is 8. The van der Waals surface area contributed by atoms with Gasteiger partial charge in [-0.25, -0.2) is 0 Å². The molecule has 2 nitrogen and oxygen atoms in total. The topological polar surface area (TPSA) is 26.3 Å². The Morgan fingerprint density at radius 2 is 1.92 bits per heavy atom. The lowest BCUT2D eigenvalue weighted by atomic mass is 10.2. The molecule has 0 amide bonds. The summed E-state index contributed by atoms with van der Waals surface area (Å²) in [6.07, 6.45) is 5.41. The molecule has 0 atom stereocenters. The molecular formula is C10H20O2. The highest BCUT2D eigenvalue weighted by Crippen LogP contribution is 1.98. The number of unbranched alkanes of at least 4 members (excludes halogenated alkanes) is 3. The molecule has 0 unspecified atom stereocenters. The predicted octanol–water partition coefficient (Wildman–Crippen LogP) is 2.56. The molecule has 0 aromatic heterocycles. The molecule has 0 saturated carbocycles. The predicted molar refractivity (Wildman–Crippen MR) is 50.3 cm³/mol. The third kappa shape index (κ3) is 7.73. The van der Waals surface area contributed by atoms with E-state index in [0.717, 1.165) is 13.0 Å². The molecule has 0 aliphatic heterocycles. The SMILES string of the molecule is CCCCCCOCC(=O)CC. The first-order valence-electron chi connectivity index (χ1n) is 4.90. The van der Waals surface area contributed by atoms with Gasteiger partial charge in [0, 0.05) is 13.0 Å². The van der Waals surface area contributed by atoms with E-state index < -0.39 is 0 Å².